The number of carbonyl (C=O) groups is 2. The fraction of sp³-hybridized carbons (Fsp3) is 0.208. The van der Waals surface area contributed by atoms with Crippen LogP contribution in [0.5, 0.6) is 5.75 Å². The van der Waals surface area contributed by atoms with Crippen LogP contribution in [0, 0.1) is 13.8 Å². The highest BCUT2D eigenvalue weighted by Gasteiger charge is 2.47. The Bertz CT molecular complexity index is 1170. The monoisotopic (exact) mass is 418 g/mol. The van der Waals surface area contributed by atoms with Gasteiger partial charge in [0.25, 0.3) is 11.7 Å². The lowest BCUT2D eigenvalue weighted by molar-refractivity contribution is -0.140. The number of aromatic nitrogens is 1. The van der Waals surface area contributed by atoms with Crippen molar-refractivity contribution in [3.63, 3.8) is 0 Å². The predicted octanol–water partition coefficient (Wildman–Crippen LogP) is 3.92. The molecule has 1 fully saturated rings. The molecule has 7 heteroatoms. The van der Waals surface area contributed by atoms with E-state index in [1.54, 1.807) is 42.7 Å². The number of aliphatic hydroxyl groups excluding tert-OH is 1. The molecule has 0 saturated carbocycles. The summed E-state index contributed by atoms with van der Waals surface area (Å²) in [4.78, 5) is 31.5. The second kappa shape index (κ2) is 8.10. The van der Waals surface area contributed by atoms with Gasteiger partial charge < -0.3 is 19.2 Å². The normalized spacial score (nSPS) is 17.9. The van der Waals surface area contributed by atoms with E-state index < -0.39 is 17.7 Å². The number of benzene rings is 1. The molecule has 1 amide bonds. The number of rotatable bonds is 5. The highest BCUT2D eigenvalue weighted by atomic mass is 16.5. The molecule has 2 aromatic heterocycles. The van der Waals surface area contributed by atoms with Crippen molar-refractivity contribution in [1.82, 2.24) is 9.88 Å². The SMILES string of the molecule is COc1c(C)cc(C)cc1/C(O)=C1/C(=O)C(=O)N(Cc2ccncc2)C1c1ccco1. The minimum Gasteiger partial charge on any atom is -0.507 e. The van der Waals surface area contributed by atoms with Gasteiger partial charge in [-0.05, 0) is 60.9 Å². The van der Waals surface area contributed by atoms with Crippen LogP contribution in [0.4, 0.5) is 0 Å². The minimum absolute atomic E-state index is 0.0303. The van der Waals surface area contributed by atoms with Gasteiger partial charge in [0, 0.05) is 18.9 Å². The van der Waals surface area contributed by atoms with Crippen LogP contribution in [0.25, 0.3) is 5.76 Å². The number of furan rings is 1. The Kier molecular flexibility index (Phi) is 5.33. The van der Waals surface area contributed by atoms with Crippen molar-refractivity contribution < 1.29 is 23.8 Å². The van der Waals surface area contributed by atoms with Crippen LogP contribution in [0.2, 0.25) is 0 Å². The molecule has 1 saturated heterocycles. The molecule has 1 unspecified atom stereocenters. The highest BCUT2D eigenvalue weighted by molar-refractivity contribution is 6.46. The van der Waals surface area contributed by atoms with Crippen LogP contribution in [0.1, 0.15) is 34.1 Å². The maximum atomic E-state index is 13.1. The summed E-state index contributed by atoms with van der Waals surface area (Å²) in [6.07, 6.45) is 4.71. The first-order chi connectivity index (χ1) is 14.9. The van der Waals surface area contributed by atoms with Gasteiger partial charge in [-0.2, -0.15) is 0 Å². The van der Waals surface area contributed by atoms with E-state index in [1.807, 2.05) is 19.9 Å². The van der Waals surface area contributed by atoms with Gasteiger partial charge in [-0.3, -0.25) is 14.6 Å². The summed E-state index contributed by atoms with van der Waals surface area (Å²) >= 11 is 0. The average molecular weight is 418 g/mol. The van der Waals surface area contributed by atoms with Crippen LogP contribution in [0.3, 0.4) is 0 Å². The summed E-state index contributed by atoms with van der Waals surface area (Å²) in [5, 5.41) is 11.3. The largest absolute Gasteiger partial charge is 0.507 e. The van der Waals surface area contributed by atoms with E-state index in [0.717, 1.165) is 16.7 Å². The van der Waals surface area contributed by atoms with Crippen LogP contribution in [-0.2, 0) is 16.1 Å². The Morgan fingerprint density at radius 3 is 2.58 bits per heavy atom. The van der Waals surface area contributed by atoms with E-state index in [1.165, 1.54) is 18.3 Å². The van der Waals surface area contributed by atoms with Gasteiger partial charge in [-0.15, -0.1) is 0 Å². The van der Waals surface area contributed by atoms with E-state index in [4.69, 9.17) is 9.15 Å². The number of hydrogen-bond acceptors (Lipinski definition) is 6. The van der Waals surface area contributed by atoms with Crippen molar-refractivity contribution in [2.24, 2.45) is 0 Å². The van der Waals surface area contributed by atoms with Crippen molar-refractivity contribution in [3.8, 4) is 5.75 Å². The second-order valence-electron chi connectivity index (χ2n) is 7.46. The molecule has 1 aliphatic rings. The first-order valence-electron chi connectivity index (χ1n) is 9.78. The Morgan fingerprint density at radius 1 is 1.19 bits per heavy atom. The number of aryl methyl sites for hydroxylation is 2. The molecule has 0 aliphatic carbocycles. The molecule has 1 aromatic carbocycles. The third-order valence-electron chi connectivity index (χ3n) is 5.33. The molecule has 7 nitrogen and oxygen atoms in total. The lowest BCUT2D eigenvalue weighted by Gasteiger charge is -2.23. The van der Waals surface area contributed by atoms with Gasteiger partial charge in [0.2, 0.25) is 0 Å². The zero-order valence-corrected chi connectivity index (χ0v) is 17.5. The number of pyridine rings is 1. The number of aliphatic hydroxyl groups is 1. The van der Waals surface area contributed by atoms with E-state index in [2.05, 4.69) is 4.98 Å². The molecule has 1 aliphatic heterocycles. The standard InChI is InChI=1S/C24H22N2O5/c1-14-11-15(2)23(30-3)17(12-14)21(27)19-20(18-5-4-10-31-18)26(24(29)22(19)28)13-16-6-8-25-9-7-16/h4-12,20,27H,13H2,1-3H3/b21-19-. The molecule has 1 N–H and O–H groups in total. The van der Waals surface area contributed by atoms with E-state index >= 15 is 0 Å². The van der Waals surface area contributed by atoms with E-state index in [-0.39, 0.29) is 17.9 Å². The average Bonchev–Trinajstić information content (AvgIpc) is 3.36. The summed E-state index contributed by atoms with van der Waals surface area (Å²) < 4.78 is 11.1. The Morgan fingerprint density at radius 2 is 1.94 bits per heavy atom. The third kappa shape index (κ3) is 3.59. The smallest absolute Gasteiger partial charge is 0.296 e. The summed E-state index contributed by atoms with van der Waals surface area (Å²) in [6.45, 7) is 3.91. The number of amides is 1. The lowest BCUT2D eigenvalue weighted by Crippen LogP contribution is -2.29. The molecule has 158 valence electrons. The summed E-state index contributed by atoms with van der Waals surface area (Å²) in [5.41, 5.74) is 2.83. The number of nitrogens with zero attached hydrogens (tertiary/aromatic N) is 2. The van der Waals surface area contributed by atoms with Gasteiger partial charge in [0.1, 0.15) is 23.3 Å². The van der Waals surface area contributed by atoms with Crippen molar-refractivity contribution in [2.45, 2.75) is 26.4 Å². The zero-order valence-electron chi connectivity index (χ0n) is 17.5. The molecule has 3 aromatic rings. The van der Waals surface area contributed by atoms with E-state index in [0.29, 0.717) is 17.1 Å². The molecule has 0 spiro atoms. The van der Waals surface area contributed by atoms with Crippen LogP contribution in [0.15, 0.2) is 65.0 Å². The van der Waals surface area contributed by atoms with Crippen LogP contribution < -0.4 is 4.74 Å². The molecule has 4 rings (SSSR count). The Balaban J connectivity index is 1.90. The number of carbonyl (C=O) groups excluding carboxylic acids is 2. The molecule has 0 radical (unpaired) electrons. The first-order valence-corrected chi connectivity index (χ1v) is 9.78. The third-order valence-corrected chi connectivity index (χ3v) is 5.33. The topological polar surface area (TPSA) is 92.9 Å². The van der Waals surface area contributed by atoms with Gasteiger partial charge >= 0.3 is 0 Å². The van der Waals surface area contributed by atoms with E-state index in [9.17, 15) is 14.7 Å². The maximum Gasteiger partial charge on any atom is 0.296 e. The van der Waals surface area contributed by atoms with Crippen LogP contribution in [-0.4, -0.2) is 33.8 Å². The fourth-order valence-electron chi connectivity index (χ4n) is 4.02. The summed E-state index contributed by atoms with van der Waals surface area (Å²) in [5.74, 6) is -0.933. The Hall–Kier alpha value is -3.87. The molecule has 0 bridgehead atoms. The number of hydrogen-bond donors (Lipinski definition) is 1. The quantitative estimate of drug-likeness (QED) is 0.384. The highest BCUT2D eigenvalue weighted by Crippen LogP contribution is 2.42. The first kappa shape index (κ1) is 20.4. The van der Waals surface area contributed by atoms with Crippen molar-refractivity contribution in [1.29, 1.82) is 0 Å². The minimum atomic E-state index is -0.867. The molecule has 31 heavy (non-hydrogen) atoms. The molecular formula is C24H22N2O5. The predicted molar refractivity (Wildman–Crippen MR) is 113 cm³/mol. The summed E-state index contributed by atoms with van der Waals surface area (Å²) in [7, 11) is 1.50. The number of methoxy groups -OCH3 is 1. The van der Waals surface area contributed by atoms with Crippen molar-refractivity contribution in [3.05, 3.63) is 88.6 Å². The maximum absolute atomic E-state index is 13.1. The van der Waals surface area contributed by atoms with Crippen molar-refractivity contribution in [2.75, 3.05) is 7.11 Å². The molecule has 3 heterocycles. The number of ether oxygens (including phenoxy) is 1. The van der Waals surface area contributed by atoms with Gasteiger partial charge in [-0.1, -0.05) is 6.07 Å². The summed E-state index contributed by atoms with van der Waals surface area (Å²) in [6, 6.07) is 9.69. The Labute approximate surface area is 179 Å². The fourth-order valence-corrected chi connectivity index (χ4v) is 4.02. The van der Waals surface area contributed by atoms with Gasteiger partial charge in [0.05, 0.1) is 24.5 Å². The zero-order chi connectivity index (χ0) is 22.1. The number of likely N-dealkylation sites (tertiary alicyclic amines) is 1. The van der Waals surface area contributed by atoms with Crippen molar-refractivity contribution >= 4 is 17.4 Å². The van der Waals surface area contributed by atoms with Crippen LogP contribution >= 0.6 is 0 Å². The number of ketones is 1. The molecular weight excluding hydrogens is 396 g/mol. The van der Waals surface area contributed by atoms with Gasteiger partial charge in [-0.25, -0.2) is 0 Å². The van der Waals surface area contributed by atoms with Gasteiger partial charge in [0.15, 0.2) is 0 Å². The lowest BCUT2D eigenvalue weighted by atomic mass is 9.96. The second-order valence-corrected chi connectivity index (χ2v) is 7.46. The number of Topliss-reactive ketones (excluding diaryl/α,β-unsaturated/α-hetero) is 1. The molecule has 1 atom stereocenters.